The van der Waals surface area contributed by atoms with Crippen LogP contribution in [0.4, 0.5) is 26.3 Å². The van der Waals surface area contributed by atoms with E-state index in [-0.39, 0.29) is 17.4 Å². The number of rotatable bonds is 9. The first kappa shape index (κ1) is 31.8. The second-order valence-electron chi connectivity index (χ2n) is 10.0. The molecule has 1 aliphatic heterocycles. The van der Waals surface area contributed by atoms with Gasteiger partial charge >= 0.3 is 12.4 Å². The number of imide groups is 1. The molecule has 0 radical (unpaired) electrons. The van der Waals surface area contributed by atoms with Gasteiger partial charge in [0.2, 0.25) is 5.41 Å². The van der Waals surface area contributed by atoms with E-state index in [1.165, 1.54) is 7.05 Å². The van der Waals surface area contributed by atoms with Gasteiger partial charge in [0.05, 0.1) is 16.7 Å². The van der Waals surface area contributed by atoms with Crippen LogP contribution in [0.15, 0.2) is 36.4 Å². The minimum absolute atomic E-state index is 0.177. The summed E-state index contributed by atoms with van der Waals surface area (Å²) in [4.78, 5) is 52.8. The summed E-state index contributed by atoms with van der Waals surface area (Å²) in [6.07, 6.45) is -10.7. The third-order valence-electron chi connectivity index (χ3n) is 7.93. The predicted molar refractivity (Wildman–Crippen MR) is 138 cm³/mol. The van der Waals surface area contributed by atoms with E-state index in [2.05, 4.69) is 0 Å². The summed E-state index contributed by atoms with van der Waals surface area (Å²) in [5, 5.41) is 0. The number of benzene rings is 2. The summed E-state index contributed by atoms with van der Waals surface area (Å²) < 4.78 is 89.4. The number of carbonyl (C=O) groups is 4. The predicted octanol–water partition coefficient (Wildman–Crippen LogP) is 6.56. The third kappa shape index (κ3) is 5.01. The molecule has 0 fully saturated rings. The molecular weight excluding hydrogens is 554 g/mol. The van der Waals surface area contributed by atoms with Crippen LogP contribution in [-0.4, -0.2) is 65.3 Å². The lowest BCUT2D eigenvalue weighted by molar-refractivity contribution is -0.288. The van der Waals surface area contributed by atoms with Crippen molar-refractivity contribution in [2.45, 2.75) is 76.8 Å². The Morgan fingerprint density at radius 2 is 1.37 bits per heavy atom. The van der Waals surface area contributed by atoms with Crippen molar-refractivity contribution in [3.63, 3.8) is 0 Å². The fourth-order valence-corrected chi connectivity index (χ4v) is 5.20. The summed E-state index contributed by atoms with van der Waals surface area (Å²) in [5.74, 6) is -2.72. The quantitative estimate of drug-likeness (QED) is 0.190. The number of alkyl halides is 6. The first-order valence-electron chi connectivity index (χ1n) is 13.1. The number of hydrogen-bond acceptors (Lipinski definition) is 4. The number of fused-ring (bicyclic) bond motifs is 1. The largest absolute Gasteiger partial charge is 0.411 e. The van der Waals surface area contributed by atoms with Crippen LogP contribution in [0.2, 0.25) is 0 Å². The average Bonchev–Trinajstić information content (AvgIpc) is 3.16. The summed E-state index contributed by atoms with van der Waals surface area (Å²) in [6.45, 7) is 6.75. The number of carbonyl (C=O) groups excluding carboxylic acids is 4. The van der Waals surface area contributed by atoms with Crippen LogP contribution in [0, 0.1) is 0 Å². The molecule has 3 rings (SSSR count). The van der Waals surface area contributed by atoms with Gasteiger partial charge in [-0.15, -0.1) is 0 Å². The van der Waals surface area contributed by atoms with Crippen LogP contribution in [0.5, 0.6) is 0 Å². The standard InChI is InChI=1S/C29H30F6N2O4/c1-6-16(4)36(5)24(39)22-13-18(10-9-17(22)15-38)27(28(30,31)32,29(33,34)35)19-11-12-21-23(14-19)26(41)37(25(21)40)20(7-2)8-3/h9-16,20H,6-8H2,1-5H3. The number of nitrogens with zero attached hydrogens (tertiary/aromatic N) is 2. The van der Waals surface area contributed by atoms with E-state index < -0.39 is 69.8 Å². The van der Waals surface area contributed by atoms with Gasteiger partial charge in [-0.25, -0.2) is 0 Å². The maximum Gasteiger partial charge on any atom is 0.411 e. The maximum absolute atomic E-state index is 14.9. The molecule has 0 saturated heterocycles. The smallest absolute Gasteiger partial charge is 0.339 e. The Hall–Kier alpha value is -3.70. The molecule has 0 saturated carbocycles. The molecule has 0 aliphatic carbocycles. The Labute approximate surface area is 233 Å². The number of halogens is 6. The molecule has 1 atom stereocenters. The minimum atomic E-state index is -6.02. The first-order chi connectivity index (χ1) is 19.0. The lowest BCUT2D eigenvalue weighted by atomic mass is 9.71. The zero-order valence-electron chi connectivity index (χ0n) is 23.1. The van der Waals surface area contributed by atoms with Crippen LogP contribution >= 0.6 is 0 Å². The van der Waals surface area contributed by atoms with Crippen molar-refractivity contribution in [3.05, 3.63) is 69.8 Å². The molecule has 6 nitrogen and oxygen atoms in total. The SMILES string of the molecule is CCC(C)N(C)C(=O)c1cc(C(c2ccc3c(c2)C(=O)N(C(CC)CC)C3=O)(C(F)(F)F)C(F)(F)F)ccc1C=O. The molecule has 2 aromatic rings. The van der Waals surface area contributed by atoms with Gasteiger partial charge in [0, 0.05) is 24.7 Å². The number of amides is 3. The van der Waals surface area contributed by atoms with Crippen molar-refractivity contribution in [1.82, 2.24) is 9.80 Å². The molecule has 1 unspecified atom stereocenters. The fourth-order valence-electron chi connectivity index (χ4n) is 5.20. The molecule has 0 spiro atoms. The molecule has 12 heteroatoms. The second-order valence-corrected chi connectivity index (χ2v) is 10.0. The van der Waals surface area contributed by atoms with Gasteiger partial charge in [0.15, 0.2) is 6.29 Å². The fraction of sp³-hybridized carbons (Fsp3) is 0.448. The van der Waals surface area contributed by atoms with Gasteiger partial charge in [-0.2, -0.15) is 26.3 Å². The second kappa shape index (κ2) is 11.3. The van der Waals surface area contributed by atoms with Gasteiger partial charge < -0.3 is 4.90 Å². The molecule has 3 amide bonds. The van der Waals surface area contributed by atoms with Crippen LogP contribution in [0.1, 0.15) is 99.5 Å². The highest BCUT2D eigenvalue weighted by atomic mass is 19.4. The summed E-state index contributed by atoms with van der Waals surface area (Å²) in [6, 6.07) is 2.43. The Balaban J connectivity index is 2.36. The third-order valence-corrected chi connectivity index (χ3v) is 7.93. The lowest BCUT2D eigenvalue weighted by Gasteiger charge is -2.38. The first-order valence-corrected chi connectivity index (χ1v) is 13.1. The summed E-state index contributed by atoms with van der Waals surface area (Å²) in [7, 11) is 1.33. The monoisotopic (exact) mass is 584 g/mol. The average molecular weight is 585 g/mol. The van der Waals surface area contributed by atoms with Gasteiger partial charge in [0.25, 0.3) is 17.7 Å². The van der Waals surface area contributed by atoms with Gasteiger partial charge in [-0.05, 0) is 55.5 Å². The number of hydrogen-bond donors (Lipinski definition) is 0. The number of aldehydes is 1. The molecule has 2 aromatic carbocycles. The summed E-state index contributed by atoms with van der Waals surface area (Å²) in [5.41, 5.74) is -9.31. The van der Waals surface area contributed by atoms with Crippen molar-refractivity contribution in [2.75, 3.05) is 7.05 Å². The van der Waals surface area contributed by atoms with Gasteiger partial charge in [-0.3, -0.25) is 24.1 Å². The maximum atomic E-state index is 14.9. The zero-order valence-corrected chi connectivity index (χ0v) is 23.1. The van der Waals surface area contributed by atoms with Crippen LogP contribution < -0.4 is 0 Å². The molecule has 0 aromatic heterocycles. The highest BCUT2D eigenvalue weighted by molar-refractivity contribution is 6.21. The Kier molecular flexibility index (Phi) is 8.76. The minimum Gasteiger partial charge on any atom is -0.339 e. The Morgan fingerprint density at radius 3 is 1.85 bits per heavy atom. The lowest BCUT2D eigenvalue weighted by Crippen LogP contribution is -2.55. The zero-order chi connectivity index (χ0) is 31.1. The molecule has 0 bridgehead atoms. The highest BCUT2D eigenvalue weighted by Crippen LogP contribution is 2.56. The van der Waals surface area contributed by atoms with E-state index in [0.29, 0.717) is 43.5 Å². The van der Waals surface area contributed by atoms with Crippen molar-refractivity contribution < 1.29 is 45.5 Å². The molecule has 222 valence electrons. The van der Waals surface area contributed by atoms with E-state index >= 15 is 0 Å². The van der Waals surface area contributed by atoms with E-state index in [0.717, 1.165) is 21.9 Å². The topological polar surface area (TPSA) is 74.8 Å². The van der Waals surface area contributed by atoms with E-state index in [9.17, 15) is 45.5 Å². The van der Waals surface area contributed by atoms with Crippen molar-refractivity contribution in [3.8, 4) is 0 Å². The Morgan fingerprint density at radius 1 is 0.854 bits per heavy atom. The Bertz CT molecular complexity index is 1350. The van der Waals surface area contributed by atoms with Crippen molar-refractivity contribution in [2.24, 2.45) is 0 Å². The molecule has 0 N–H and O–H groups in total. The molecule has 1 heterocycles. The van der Waals surface area contributed by atoms with Crippen molar-refractivity contribution >= 4 is 24.0 Å². The van der Waals surface area contributed by atoms with Gasteiger partial charge in [-0.1, -0.05) is 39.0 Å². The van der Waals surface area contributed by atoms with Crippen LogP contribution in [0.25, 0.3) is 0 Å². The van der Waals surface area contributed by atoms with E-state index in [1.807, 2.05) is 0 Å². The molecular formula is C29H30F6N2O4. The van der Waals surface area contributed by atoms with Crippen LogP contribution in [-0.2, 0) is 5.41 Å². The van der Waals surface area contributed by atoms with Crippen LogP contribution in [0.3, 0.4) is 0 Å². The summed E-state index contributed by atoms with van der Waals surface area (Å²) >= 11 is 0. The highest BCUT2D eigenvalue weighted by Gasteiger charge is 2.72. The van der Waals surface area contributed by atoms with Crippen molar-refractivity contribution in [1.29, 1.82) is 0 Å². The van der Waals surface area contributed by atoms with E-state index in [1.54, 1.807) is 27.7 Å². The van der Waals surface area contributed by atoms with Gasteiger partial charge in [0.1, 0.15) is 0 Å². The molecule has 41 heavy (non-hydrogen) atoms. The normalized spacial score (nSPS) is 14.9. The van der Waals surface area contributed by atoms with E-state index in [4.69, 9.17) is 0 Å². The molecule has 1 aliphatic rings.